The van der Waals surface area contributed by atoms with Crippen molar-refractivity contribution in [2.45, 2.75) is 313 Å². The molecule has 1 fully saturated rings. The van der Waals surface area contributed by atoms with Crippen molar-refractivity contribution in [1.82, 2.24) is 5.32 Å². The molecule has 0 radical (unpaired) electrons. The Morgan fingerprint density at radius 3 is 1.32 bits per heavy atom. The Morgan fingerprint density at radius 2 is 0.956 bits per heavy atom. The van der Waals surface area contributed by atoms with E-state index in [2.05, 4.69) is 23.3 Å². The van der Waals surface area contributed by atoms with Gasteiger partial charge >= 0.3 is 10.4 Å². The van der Waals surface area contributed by atoms with E-state index in [-0.39, 0.29) is 6.42 Å². The molecular weight excluding hydrogens is 887 g/mol. The van der Waals surface area contributed by atoms with Gasteiger partial charge in [-0.05, 0) is 19.3 Å². The number of amides is 1. The molecule has 8 atom stereocenters. The van der Waals surface area contributed by atoms with E-state index >= 15 is 0 Å². The molecule has 0 spiro atoms. The zero-order chi connectivity index (χ0) is 49.9. The Balaban J connectivity index is 2.45. The molecule has 1 saturated heterocycles. The average Bonchev–Trinajstić information content (AvgIpc) is 3.31. The predicted octanol–water partition coefficient (Wildman–Crippen LogP) is 11.6. The molecular formula is C54H105NO12S. The summed E-state index contributed by atoms with van der Waals surface area (Å²) < 4.78 is 47.7. The van der Waals surface area contributed by atoms with E-state index in [1.54, 1.807) is 6.08 Å². The van der Waals surface area contributed by atoms with Crippen LogP contribution < -0.4 is 5.32 Å². The SMILES string of the molecule is CCCCCCCCCCCCCCCCCCCCC/C=C/C(O)C(COC1OC(CO)C(O)C(OS(=O)(=O)O)C1O)NC(=O)C(O)CCCCCCCCCCCCCCCCCCCC. The number of hydrogen-bond donors (Lipinski definition) is 7. The molecule has 0 aromatic rings. The van der Waals surface area contributed by atoms with Gasteiger partial charge in [-0.1, -0.05) is 257 Å². The Kier molecular flexibility index (Phi) is 42.4. The molecule has 1 amide bonds. The quantitative estimate of drug-likeness (QED) is 0.0172. The maximum Gasteiger partial charge on any atom is 0.397 e. The fourth-order valence-corrected chi connectivity index (χ4v) is 9.74. The van der Waals surface area contributed by atoms with Crippen molar-refractivity contribution >= 4 is 16.3 Å². The van der Waals surface area contributed by atoms with Crippen LogP contribution in [-0.4, -0.2) is 107 Å². The molecule has 0 saturated carbocycles. The lowest BCUT2D eigenvalue weighted by atomic mass is 9.99. The maximum atomic E-state index is 13.2. The number of unbranched alkanes of at least 4 members (excludes halogenated alkanes) is 36. The molecule has 0 aliphatic carbocycles. The Bertz CT molecular complexity index is 1270. The minimum absolute atomic E-state index is 0.249. The van der Waals surface area contributed by atoms with Crippen molar-refractivity contribution in [3.63, 3.8) is 0 Å². The van der Waals surface area contributed by atoms with Gasteiger partial charge in [0.2, 0.25) is 5.91 Å². The van der Waals surface area contributed by atoms with Gasteiger partial charge in [-0.25, -0.2) is 4.18 Å². The third kappa shape index (κ3) is 35.8. The standard InChI is InChI=1S/C54H105NO12S/c1-3-5-7-9-11-13-15-17-19-21-23-24-25-27-28-30-32-34-36-38-40-42-47(57)46(45-65-54-51(60)52(67-68(62,63)64)50(59)49(44-56)66-54)55-53(61)48(58)43-41-39-37-35-33-31-29-26-22-20-18-16-14-12-10-8-6-4-2/h40,42,46-52,54,56-60H,3-39,41,43-45H2,1-2H3,(H,55,61)(H,62,63,64)/b42-40+. The van der Waals surface area contributed by atoms with Crippen LogP contribution in [0.3, 0.4) is 0 Å². The number of nitrogens with one attached hydrogen (secondary N) is 1. The Hall–Kier alpha value is -1.20. The van der Waals surface area contributed by atoms with Crippen LogP contribution in [-0.2, 0) is 28.9 Å². The van der Waals surface area contributed by atoms with Crippen LogP contribution in [0, 0.1) is 0 Å². The smallest absolute Gasteiger partial charge is 0.394 e. The average molecular weight is 992 g/mol. The van der Waals surface area contributed by atoms with Crippen LogP contribution in [0.1, 0.15) is 264 Å². The van der Waals surface area contributed by atoms with Crippen molar-refractivity contribution in [3.8, 4) is 0 Å². The number of hydrogen-bond acceptors (Lipinski definition) is 11. The first-order valence-electron chi connectivity index (χ1n) is 28.2. The van der Waals surface area contributed by atoms with Gasteiger partial charge in [-0.2, -0.15) is 8.42 Å². The molecule has 0 bridgehead atoms. The van der Waals surface area contributed by atoms with Gasteiger partial charge < -0.3 is 40.3 Å². The van der Waals surface area contributed by atoms with Crippen molar-refractivity contribution in [2.24, 2.45) is 0 Å². The molecule has 68 heavy (non-hydrogen) atoms. The number of carbonyl (C=O) groups is 1. The van der Waals surface area contributed by atoms with Gasteiger partial charge in [0.15, 0.2) is 6.29 Å². The van der Waals surface area contributed by atoms with Gasteiger partial charge in [-0.3, -0.25) is 9.35 Å². The second kappa shape index (κ2) is 44.5. The zero-order valence-electron chi connectivity index (χ0n) is 43.3. The molecule has 0 aromatic heterocycles. The second-order valence-electron chi connectivity index (χ2n) is 20.0. The molecule has 1 aliphatic rings. The summed E-state index contributed by atoms with van der Waals surface area (Å²) in [7, 11) is -5.12. The van der Waals surface area contributed by atoms with Crippen LogP contribution in [0.2, 0.25) is 0 Å². The Labute approximate surface area is 415 Å². The van der Waals surface area contributed by atoms with Crippen LogP contribution in [0.5, 0.6) is 0 Å². The van der Waals surface area contributed by atoms with Gasteiger partial charge in [0, 0.05) is 0 Å². The van der Waals surface area contributed by atoms with Gasteiger partial charge in [-0.15, -0.1) is 0 Å². The summed E-state index contributed by atoms with van der Waals surface area (Å²) >= 11 is 0. The molecule has 404 valence electrons. The van der Waals surface area contributed by atoms with E-state index in [4.69, 9.17) is 9.47 Å². The Morgan fingerprint density at radius 1 is 0.588 bits per heavy atom. The summed E-state index contributed by atoms with van der Waals surface area (Å²) in [6.07, 6.45) is 40.0. The lowest BCUT2D eigenvalue weighted by molar-refractivity contribution is -0.298. The number of ether oxygens (including phenoxy) is 2. The molecule has 8 unspecified atom stereocenters. The number of aliphatic hydroxyl groups excluding tert-OH is 5. The summed E-state index contributed by atoms with van der Waals surface area (Å²) in [5.74, 6) is -0.696. The minimum atomic E-state index is -5.12. The van der Waals surface area contributed by atoms with Crippen LogP contribution >= 0.6 is 0 Å². The first-order chi connectivity index (χ1) is 32.9. The van der Waals surface area contributed by atoms with Crippen molar-refractivity contribution in [2.75, 3.05) is 13.2 Å². The summed E-state index contributed by atoms with van der Waals surface area (Å²) in [5.41, 5.74) is 0. The summed E-state index contributed by atoms with van der Waals surface area (Å²) in [5, 5.41) is 55.5. The maximum absolute atomic E-state index is 13.2. The van der Waals surface area contributed by atoms with E-state index in [0.29, 0.717) is 12.8 Å². The largest absolute Gasteiger partial charge is 0.397 e. The second-order valence-corrected chi connectivity index (χ2v) is 21.1. The first kappa shape index (κ1) is 64.8. The third-order valence-corrected chi connectivity index (χ3v) is 14.1. The number of aliphatic hydroxyl groups is 5. The third-order valence-electron chi connectivity index (χ3n) is 13.7. The van der Waals surface area contributed by atoms with Gasteiger partial charge in [0.25, 0.3) is 0 Å². The fourth-order valence-electron chi connectivity index (χ4n) is 9.23. The van der Waals surface area contributed by atoms with E-state index in [9.17, 15) is 43.3 Å². The summed E-state index contributed by atoms with van der Waals surface area (Å²) in [6, 6.07) is -1.12. The summed E-state index contributed by atoms with van der Waals surface area (Å²) in [4.78, 5) is 13.2. The normalized spacial score (nSPS) is 20.3. The predicted molar refractivity (Wildman–Crippen MR) is 275 cm³/mol. The summed E-state index contributed by atoms with van der Waals surface area (Å²) in [6.45, 7) is 3.27. The molecule has 1 aliphatic heterocycles. The highest BCUT2D eigenvalue weighted by atomic mass is 32.3. The molecule has 7 N–H and O–H groups in total. The first-order valence-corrected chi connectivity index (χ1v) is 29.5. The minimum Gasteiger partial charge on any atom is -0.394 e. The van der Waals surface area contributed by atoms with Crippen molar-refractivity contribution < 1.29 is 57.0 Å². The lowest BCUT2D eigenvalue weighted by Gasteiger charge is -2.41. The van der Waals surface area contributed by atoms with Gasteiger partial charge in [0.1, 0.15) is 30.5 Å². The number of rotatable bonds is 49. The fraction of sp³-hybridized carbons (Fsp3) is 0.944. The molecule has 13 nitrogen and oxygen atoms in total. The molecule has 14 heteroatoms. The highest BCUT2D eigenvalue weighted by Crippen LogP contribution is 2.26. The molecule has 1 heterocycles. The number of allylic oxidation sites excluding steroid dienone is 1. The van der Waals surface area contributed by atoms with Crippen LogP contribution in [0.4, 0.5) is 0 Å². The monoisotopic (exact) mass is 992 g/mol. The molecule has 0 aromatic carbocycles. The van der Waals surface area contributed by atoms with Crippen LogP contribution in [0.25, 0.3) is 0 Å². The van der Waals surface area contributed by atoms with Crippen molar-refractivity contribution in [3.05, 3.63) is 12.2 Å². The topological polar surface area (TPSA) is 212 Å². The van der Waals surface area contributed by atoms with Crippen molar-refractivity contribution in [1.29, 1.82) is 0 Å². The van der Waals surface area contributed by atoms with E-state index in [1.165, 1.54) is 193 Å². The van der Waals surface area contributed by atoms with E-state index in [1.807, 2.05) is 6.08 Å². The highest BCUT2D eigenvalue weighted by molar-refractivity contribution is 7.80. The van der Waals surface area contributed by atoms with Gasteiger partial charge in [0.05, 0.1) is 25.4 Å². The van der Waals surface area contributed by atoms with Crippen LogP contribution in [0.15, 0.2) is 12.2 Å². The van der Waals surface area contributed by atoms with E-state index < -0.39 is 78.5 Å². The van der Waals surface area contributed by atoms with E-state index in [0.717, 1.165) is 38.5 Å². The number of carbonyl (C=O) groups excluding carboxylic acids is 1. The highest BCUT2D eigenvalue weighted by Gasteiger charge is 2.48. The zero-order valence-corrected chi connectivity index (χ0v) is 44.1. The lowest BCUT2D eigenvalue weighted by Crippen LogP contribution is -2.61. The molecule has 1 rings (SSSR count).